The largest absolute Gasteiger partial charge is 0.419 e. The molecule has 1 heterocycles. The van der Waals surface area contributed by atoms with Crippen LogP contribution < -0.4 is 0 Å². The van der Waals surface area contributed by atoms with Gasteiger partial charge in [0.05, 0.1) is 11.8 Å². The Morgan fingerprint density at radius 2 is 2.00 bits per heavy atom. The minimum atomic E-state index is -4.45. The fourth-order valence-corrected chi connectivity index (χ4v) is 2.02. The average Bonchev–Trinajstić information content (AvgIpc) is 2.77. The monoisotopic (exact) mass is 332 g/mol. The first-order valence-electron chi connectivity index (χ1n) is 5.25. The Morgan fingerprint density at radius 3 is 2.58 bits per heavy atom. The number of hydrogen-bond donors (Lipinski definition) is 0. The van der Waals surface area contributed by atoms with E-state index >= 15 is 0 Å². The first-order chi connectivity index (χ1) is 8.88. The van der Waals surface area contributed by atoms with Crippen molar-refractivity contribution in [2.45, 2.75) is 12.7 Å². The topological polar surface area (TPSA) is 34.9 Å². The number of alkyl halides is 3. The fraction of sp³-hybridized carbons (Fsp3) is 0.167. The van der Waals surface area contributed by atoms with Crippen molar-refractivity contribution < 1.29 is 18.0 Å². The molecule has 0 bridgehead atoms. The summed E-state index contributed by atoms with van der Waals surface area (Å²) < 4.78 is 38.7. The summed E-state index contributed by atoms with van der Waals surface area (Å²) in [5.41, 5.74) is -0.459. The van der Waals surface area contributed by atoms with Gasteiger partial charge in [-0.2, -0.15) is 18.3 Å². The maximum atomic E-state index is 12.4. The van der Waals surface area contributed by atoms with Crippen LogP contribution in [0.4, 0.5) is 13.2 Å². The minimum Gasteiger partial charge on any atom is -0.292 e. The van der Waals surface area contributed by atoms with Crippen molar-refractivity contribution in [1.82, 2.24) is 9.78 Å². The molecule has 0 saturated carbocycles. The molecule has 0 aliphatic carbocycles. The number of carbonyl (C=O) groups excluding carboxylic acids is 1. The standard InChI is InChI=1S/C12H8BrF3N2O/c13-10-4-2-1-3-9(10)11(19)7-18-6-8(5-17-18)12(14,15)16/h1-6H,7H2. The van der Waals surface area contributed by atoms with Gasteiger partial charge < -0.3 is 0 Å². The highest BCUT2D eigenvalue weighted by Crippen LogP contribution is 2.28. The zero-order valence-corrected chi connectivity index (χ0v) is 11.1. The van der Waals surface area contributed by atoms with Gasteiger partial charge in [0.25, 0.3) is 0 Å². The van der Waals surface area contributed by atoms with Crippen molar-refractivity contribution in [3.05, 3.63) is 52.3 Å². The highest BCUT2D eigenvalue weighted by atomic mass is 79.9. The number of halogens is 4. The van der Waals surface area contributed by atoms with E-state index in [1.54, 1.807) is 24.3 Å². The number of carbonyl (C=O) groups is 1. The van der Waals surface area contributed by atoms with Crippen molar-refractivity contribution in [2.75, 3.05) is 0 Å². The first-order valence-corrected chi connectivity index (χ1v) is 6.04. The molecule has 0 radical (unpaired) electrons. The lowest BCUT2D eigenvalue weighted by atomic mass is 10.1. The Morgan fingerprint density at radius 1 is 1.32 bits per heavy atom. The molecule has 0 N–H and O–H groups in total. The molecule has 0 aliphatic rings. The molecule has 1 aromatic carbocycles. The molecule has 1 aromatic heterocycles. The van der Waals surface area contributed by atoms with Crippen LogP contribution in [0.2, 0.25) is 0 Å². The third-order valence-corrected chi connectivity index (χ3v) is 3.13. The van der Waals surface area contributed by atoms with E-state index in [0.717, 1.165) is 10.9 Å². The van der Waals surface area contributed by atoms with E-state index in [1.807, 2.05) is 0 Å². The number of Topliss-reactive ketones (excluding diaryl/α,β-unsaturated/α-hetero) is 1. The molecule has 19 heavy (non-hydrogen) atoms. The van der Waals surface area contributed by atoms with Crippen LogP contribution in [0, 0.1) is 0 Å². The lowest BCUT2D eigenvalue weighted by Gasteiger charge is -2.04. The van der Waals surface area contributed by atoms with Crippen LogP contribution >= 0.6 is 15.9 Å². The Bertz CT molecular complexity index is 607. The van der Waals surface area contributed by atoms with E-state index in [2.05, 4.69) is 21.0 Å². The van der Waals surface area contributed by atoms with Gasteiger partial charge in [0.15, 0.2) is 5.78 Å². The summed E-state index contributed by atoms with van der Waals surface area (Å²) in [7, 11) is 0. The maximum Gasteiger partial charge on any atom is 0.419 e. The number of hydrogen-bond acceptors (Lipinski definition) is 2. The van der Waals surface area contributed by atoms with Gasteiger partial charge in [-0.1, -0.05) is 34.1 Å². The van der Waals surface area contributed by atoms with Crippen molar-refractivity contribution in [3.63, 3.8) is 0 Å². The highest BCUT2D eigenvalue weighted by Gasteiger charge is 2.32. The van der Waals surface area contributed by atoms with E-state index in [1.165, 1.54) is 0 Å². The van der Waals surface area contributed by atoms with Gasteiger partial charge >= 0.3 is 6.18 Å². The summed E-state index contributed by atoms with van der Waals surface area (Å²) in [5.74, 6) is -0.315. The van der Waals surface area contributed by atoms with Crippen LogP contribution in [0.1, 0.15) is 15.9 Å². The van der Waals surface area contributed by atoms with E-state index in [0.29, 0.717) is 16.2 Å². The Balaban J connectivity index is 2.16. The molecule has 0 saturated heterocycles. The van der Waals surface area contributed by atoms with Crippen molar-refractivity contribution in [2.24, 2.45) is 0 Å². The predicted molar refractivity (Wildman–Crippen MR) is 65.7 cm³/mol. The third-order valence-electron chi connectivity index (χ3n) is 2.44. The number of ketones is 1. The van der Waals surface area contributed by atoms with E-state index < -0.39 is 11.7 Å². The van der Waals surface area contributed by atoms with Crippen LogP contribution in [-0.4, -0.2) is 15.6 Å². The second-order valence-electron chi connectivity index (χ2n) is 3.83. The Kier molecular flexibility index (Phi) is 3.75. The van der Waals surface area contributed by atoms with Crippen LogP contribution in [0.3, 0.4) is 0 Å². The zero-order valence-electron chi connectivity index (χ0n) is 9.49. The lowest BCUT2D eigenvalue weighted by Crippen LogP contribution is -2.11. The van der Waals surface area contributed by atoms with Crippen LogP contribution in [0.25, 0.3) is 0 Å². The summed E-state index contributed by atoms with van der Waals surface area (Å²) in [5, 5.41) is 3.54. The summed E-state index contributed by atoms with van der Waals surface area (Å²) in [6.45, 7) is -0.237. The summed E-state index contributed by atoms with van der Waals surface area (Å²) >= 11 is 3.22. The normalized spacial score (nSPS) is 11.6. The molecule has 2 rings (SSSR count). The minimum absolute atomic E-state index is 0.237. The van der Waals surface area contributed by atoms with Gasteiger partial charge in [0.2, 0.25) is 0 Å². The molecule has 0 fully saturated rings. The smallest absolute Gasteiger partial charge is 0.292 e. The van der Waals surface area contributed by atoms with Gasteiger partial charge in [-0.15, -0.1) is 0 Å². The van der Waals surface area contributed by atoms with Crippen molar-refractivity contribution in [1.29, 1.82) is 0 Å². The molecule has 3 nitrogen and oxygen atoms in total. The van der Waals surface area contributed by atoms with E-state index in [9.17, 15) is 18.0 Å². The first kappa shape index (κ1) is 13.8. The average molecular weight is 333 g/mol. The van der Waals surface area contributed by atoms with Crippen LogP contribution in [-0.2, 0) is 12.7 Å². The van der Waals surface area contributed by atoms with Crippen molar-refractivity contribution >= 4 is 21.7 Å². The number of benzene rings is 1. The zero-order chi connectivity index (χ0) is 14.0. The SMILES string of the molecule is O=C(Cn1cc(C(F)(F)F)cn1)c1ccccc1Br. The lowest BCUT2D eigenvalue weighted by molar-refractivity contribution is -0.137. The van der Waals surface area contributed by atoms with Crippen molar-refractivity contribution in [3.8, 4) is 0 Å². The third kappa shape index (κ3) is 3.23. The predicted octanol–water partition coefficient (Wildman–Crippen LogP) is 3.55. The molecule has 0 unspecified atom stereocenters. The van der Waals surface area contributed by atoms with E-state index in [-0.39, 0.29) is 12.3 Å². The molecule has 100 valence electrons. The summed E-state index contributed by atoms with van der Waals surface area (Å²) in [6, 6.07) is 6.72. The summed E-state index contributed by atoms with van der Waals surface area (Å²) in [6.07, 6.45) is -2.93. The van der Waals surface area contributed by atoms with Gasteiger partial charge in [-0.3, -0.25) is 9.48 Å². The molecule has 0 atom stereocenters. The molecular weight excluding hydrogens is 325 g/mol. The molecule has 7 heteroatoms. The quantitative estimate of drug-likeness (QED) is 0.806. The second-order valence-corrected chi connectivity index (χ2v) is 4.68. The Hall–Kier alpha value is -1.63. The van der Waals surface area contributed by atoms with Crippen LogP contribution in [0.15, 0.2) is 41.1 Å². The summed E-state index contributed by atoms with van der Waals surface area (Å²) in [4.78, 5) is 11.9. The van der Waals surface area contributed by atoms with Crippen LogP contribution in [0.5, 0.6) is 0 Å². The fourth-order valence-electron chi connectivity index (χ4n) is 1.52. The number of nitrogens with zero attached hydrogens (tertiary/aromatic N) is 2. The Labute approximate surface area is 115 Å². The second kappa shape index (κ2) is 5.16. The number of rotatable bonds is 3. The van der Waals surface area contributed by atoms with Gasteiger partial charge in [0, 0.05) is 16.2 Å². The maximum absolute atomic E-state index is 12.4. The van der Waals surface area contributed by atoms with E-state index in [4.69, 9.17) is 0 Å². The molecular formula is C12H8BrF3N2O. The molecule has 0 spiro atoms. The molecule has 0 aliphatic heterocycles. The molecule has 0 amide bonds. The molecule has 2 aromatic rings. The van der Waals surface area contributed by atoms with Gasteiger partial charge in [-0.25, -0.2) is 0 Å². The highest BCUT2D eigenvalue weighted by molar-refractivity contribution is 9.10. The van der Waals surface area contributed by atoms with Gasteiger partial charge in [-0.05, 0) is 6.07 Å². The van der Waals surface area contributed by atoms with Gasteiger partial charge in [0.1, 0.15) is 6.54 Å². The number of aromatic nitrogens is 2.